The average Bonchev–Trinajstić information content (AvgIpc) is 3.08. The topological polar surface area (TPSA) is 54.4 Å². The van der Waals surface area contributed by atoms with Crippen molar-refractivity contribution in [2.24, 2.45) is 0 Å². The number of halogens is 1. The molecule has 0 bridgehead atoms. The number of likely N-dealkylation sites (N-methyl/N-ethyl adjacent to an activating group) is 1. The number of hydrogen-bond acceptors (Lipinski definition) is 6. The van der Waals surface area contributed by atoms with E-state index in [0.29, 0.717) is 12.0 Å². The van der Waals surface area contributed by atoms with Crippen LogP contribution in [0.15, 0.2) is 36.9 Å². The van der Waals surface area contributed by atoms with E-state index in [4.69, 9.17) is 4.74 Å². The van der Waals surface area contributed by atoms with Crippen LogP contribution in [0.3, 0.4) is 0 Å². The average molecular weight is 357 g/mol. The molecule has 0 N–H and O–H groups in total. The third-order valence-electron chi connectivity index (χ3n) is 5.53. The standard InChI is InChI=1S/C19H24FN5O/c1-24(13-15-3-2-6-21-10-15)17-9-19(26-14-17)4-7-25(8-5-19)18-22-11-16(20)12-23-18/h2-3,6,10-12,17H,4-5,7-9,13-14H2,1H3/t17-/m1/s1. The molecule has 138 valence electrons. The molecule has 2 saturated heterocycles. The van der Waals surface area contributed by atoms with E-state index in [1.165, 1.54) is 18.0 Å². The minimum Gasteiger partial charge on any atom is -0.373 e. The quantitative estimate of drug-likeness (QED) is 0.837. The summed E-state index contributed by atoms with van der Waals surface area (Å²) in [6, 6.07) is 4.50. The number of rotatable bonds is 4. The summed E-state index contributed by atoms with van der Waals surface area (Å²) in [5.74, 6) is 0.199. The summed E-state index contributed by atoms with van der Waals surface area (Å²) >= 11 is 0. The number of hydrogen-bond donors (Lipinski definition) is 0. The van der Waals surface area contributed by atoms with Crippen molar-refractivity contribution in [3.63, 3.8) is 0 Å². The molecule has 1 atom stereocenters. The summed E-state index contributed by atoms with van der Waals surface area (Å²) in [4.78, 5) is 16.8. The van der Waals surface area contributed by atoms with Crippen molar-refractivity contribution in [2.45, 2.75) is 37.5 Å². The highest BCUT2D eigenvalue weighted by Crippen LogP contribution is 2.38. The maximum atomic E-state index is 13.0. The SMILES string of the molecule is CN(Cc1cccnc1)[C@H]1COC2(CCN(c3ncc(F)cn3)CC2)C1. The predicted molar refractivity (Wildman–Crippen MR) is 96.2 cm³/mol. The van der Waals surface area contributed by atoms with Crippen molar-refractivity contribution in [3.05, 3.63) is 48.3 Å². The Morgan fingerprint density at radius 3 is 2.73 bits per heavy atom. The first kappa shape index (κ1) is 17.3. The molecule has 26 heavy (non-hydrogen) atoms. The van der Waals surface area contributed by atoms with Gasteiger partial charge in [-0.25, -0.2) is 14.4 Å². The van der Waals surface area contributed by atoms with Gasteiger partial charge in [-0.1, -0.05) is 6.07 Å². The van der Waals surface area contributed by atoms with Gasteiger partial charge in [0.2, 0.25) is 5.95 Å². The maximum absolute atomic E-state index is 13.0. The number of nitrogens with zero attached hydrogens (tertiary/aromatic N) is 5. The zero-order valence-electron chi connectivity index (χ0n) is 15.0. The van der Waals surface area contributed by atoms with Crippen molar-refractivity contribution in [2.75, 3.05) is 31.6 Å². The van der Waals surface area contributed by atoms with Crippen LogP contribution in [0.25, 0.3) is 0 Å². The van der Waals surface area contributed by atoms with Crippen LogP contribution in [-0.4, -0.2) is 58.2 Å². The van der Waals surface area contributed by atoms with Crippen LogP contribution in [0, 0.1) is 5.82 Å². The zero-order chi connectivity index (χ0) is 18.0. The van der Waals surface area contributed by atoms with Gasteiger partial charge in [-0.15, -0.1) is 0 Å². The molecule has 4 rings (SSSR count). The van der Waals surface area contributed by atoms with Gasteiger partial charge in [0, 0.05) is 38.1 Å². The van der Waals surface area contributed by atoms with E-state index < -0.39 is 5.82 Å². The molecular formula is C19H24FN5O. The van der Waals surface area contributed by atoms with Crippen LogP contribution in [0.1, 0.15) is 24.8 Å². The number of pyridine rings is 1. The van der Waals surface area contributed by atoms with E-state index in [1.807, 2.05) is 12.3 Å². The third kappa shape index (κ3) is 3.68. The Balaban J connectivity index is 1.33. The molecule has 2 aliphatic heterocycles. The fraction of sp³-hybridized carbons (Fsp3) is 0.526. The van der Waals surface area contributed by atoms with E-state index in [1.54, 1.807) is 6.20 Å². The molecular weight excluding hydrogens is 333 g/mol. The number of ether oxygens (including phenoxy) is 1. The van der Waals surface area contributed by atoms with Crippen LogP contribution in [0.2, 0.25) is 0 Å². The Hall–Kier alpha value is -2.12. The molecule has 2 aromatic rings. The number of anilines is 1. The van der Waals surface area contributed by atoms with E-state index in [-0.39, 0.29) is 5.60 Å². The molecule has 6 nitrogen and oxygen atoms in total. The first-order valence-corrected chi connectivity index (χ1v) is 9.09. The van der Waals surface area contributed by atoms with Crippen LogP contribution in [0.4, 0.5) is 10.3 Å². The van der Waals surface area contributed by atoms with Gasteiger partial charge in [0.05, 0.1) is 24.6 Å². The lowest BCUT2D eigenvalue weighted by Gasteiger charge is -2.38. The zero-order valence-corrected chi connectivity index (χ0v) is 15.0. The van der Waals surface area contributed by atoms with Crippen molar-refractivity contribution in [1.29, 1.82) is 0 Å². The fourth-order valence-corrected chi connectivity index (χ4v) is 3.94. The Labute approximate surface area is 153 Å². The Morgan fingerprint density at radius 2 is 2.04 bits per heavy atom. The van der Waals surface area contributed by atoms with Crippen LogP contribution < -0.4 is 4.90 Å². The van der Waals surface area contributed by atoms with E-state index in [0.717, 1.165) is 45.5 Å². The lowest BCUT2D eigenvalue weighted by atomic mass is 9.87. The van der Waals surface area contributed by atoms with E-state index >= 15 is 0 Å². The molecule has 0 amide bonds. The molecule has 2 aromatic heterocycles. The summed E-state index contributed by atoms with van der Waals surface area (Å²) < 4.78 is 19.3. The summed E-state index contributed by atoms with van der Waals surface area (Å²) in [7, 11) is 2.15. The highest BCUT2D eigenvalue weighted by Gasteiger charge is 2.44. The highest BCUT2D eigenvalue weighted by atomic mass is 19.1. The molecule has 0 aliphatic carbocycles. The first-order chi connectivity index (χ1) is 12.6. The smallest absolute Gasteiger partial charge is 0.225 e. The summed E-state index contributed by atoms with van der Waals surface area (Å²) in [5, 5.41) is 0. The maximum Gasteiger partial charge on any atom is 0.225 e. The molecule has 2 fully saturated rings. The summed E-state index contributed by atoms with van der Waals surface area (Å²) in [6.45, 7) is 3.33. The van der Waals surface area contributed by atoms with Crippen molar-refractivity contribution in [3.8, 4) is 0 Å². The molecule has 0 saturated carbocycles. The molecule has 0 radical (unpaired) electrons. The van der Waals surface area contributed by atoms with Gasteiger partial charge in [0.25, 0.3) is 0 Å². The molecule has 0 aromatic carbocycles. The van der Waals surface area contributed by atoms with Gasteiger partial charge in [-0.05, 0) is 37.9 Å². The van der Waals surface area contributed by atoms with Crippen LogP contribution >= 0.6 is 0 Å². The number of aromatic nitrogens is 3. The molecule has 0 unspecified atom stereocenters. The Morgan fingerprint density at radius 1 is 1.27 bits per heavy atom. The minimum absolute atomic E-state index is 0.0512. The van der Waals surface area contributed by atoms with Gasteiger partial charge in [0.1, 0.15) is 0 Å². The van der Waals surface area contributed by atoms with Crippen LogP contribution in [-0.2, 0) is 11.3 Å². The third-order valence-corrected chi connectivity index (χ3v) is 5.53. The normalized spacial score (nSPS) is 22.3. The molecule has 7 heteroatoms. The largest absolute Gasteiger partial charge is 0.373 e. The second-order valence-electron chi connectivity index (χ2n) is 7.32. The first-order valence-electron chi connectivity index (χ1n) is 9.09. The Kier molecular flexibility index (Phi) is 4.82. The molecule has 4 heterocycles. The summed E-state index contributed by atoms with van der Waals surface area (Å²) in [6.07, 6.45) is 9.11. The monoisotopic (exact) mass is 357 g/mol. The van der Waals surface area contributed by atoms with Crippen molar-refractivity contribution >= 4 is 5.95 Å². The lowest BCUT2D eigenvalue weighted by molar-refractivity contribution is -0.0159. The van der Waals surface area contributed by atoms with Crippen molar-refractivity contribution in [1.82, 2.24) is 19.9 Å². The highest BCUT2D eigenvalue weighted by molar-refractivity contribution is 5.30. The van der Waals surface area contributed by atoms with Gasteiger partial charge in [0.15, 0.2) is 5.82 Å². The van der Waals surface area contributed by atoms with Gasteiger partial charge >= 0.3 is 0 Å². The van der Waals surface area contributed by atoms with Gasteiger partial charge in [-0.2, -0.15) is 0 Å². The van der Waals surface area contributed by atoms with Gasteiger partial charge in [-0.3, -0.25) is 9.88 Å². The predicted octanol–water partition coefficient (Wildman–Crippen LogP) is 2.27. The minimum atomic E-state index is -0.402. The second-order valence-corrected chi connectivity index (χ2v) is 7.32. The lowest BCUT2D eigenvalue weighted by Crippen LogP contribution is -2.45. The fourth-order valence-electron chi connectivity index (χ4n) is 3.94. The van der Waals surface area contributed by atoms with Crippen LogP contribution in [0.5, 0.6) is 0 Å². The molecule has 1 spiro atoms. The Bertz CT molecular complexity index is 718. The second kappa shape index (κ2) is 7.25. The number of piperidine rings is 1. The van der Waals surface area contributed by atoms with E-state index in [9.17, 15) is 4.39 Å². The molecule has 2 aliphatic rings. The van der Waals surface area contributed by atoms with Gasteiger partial charge < -0.3 is 9.64 Å². The van der Waals surface area contributed by atoms with E-state index in [2.05, 4.69) is 37.9 Å². The van der Waals surface area contributed by atoms with Crippen molar-refractivity contribution < 1.29 is 9.13 Å². The summed E-state index contributed by atoms with van der Waals surface area (Å²) in [5.41, 5.74) is 1.17.